The van der Waals surface area contributed by atoms with E-state index in [-0.39, 0.29) is 5.91 Å². The molecule has 0 radical (unpaired) electrons. The summed E-state index contributed by atoms with van der Waals surface area (Å²) < 4.78 is 0. The highest BCUT2D eigenvalue weighted by Crippen LogP contribution is 2.19. The van der Waals surface area contributed by atoms with Gasteiger partial charge in [0, 0.05) is 29.0 Å². The predicted molar refractivity (Wildman–Crippen MR) is 94.2 cm³/mol. The summed E-state index contributed by atoms with van der Waals surface area (Å²) in [5, 5.41) is 8.17. The summed E-state index contributed by atoms with van der Waals surface area (Å²) in [6, 6.07) is 11.4. The normalized spacial score (nSPS) is 9.96. The summed E-state index contributed by atoms with van der Waals surface area (Å²) in [4.78, 5) is 34.8. The van der Waals surface area contributed by atoms with E-state index in [0.717, 1.165) is 5.56 Å². The van der Waals surface area contributed by atoms with Gasteiger partial charge in [-0.25, -0.2) is 0 Å². The number of halogens is 1. The molecule has 0 unspecified atom stereocenters. The molecular weight excluding hydrogens is 330 g/mol. The highest BCUT2D eigenvalue weighted by molar-refractivity contribution is 6.43. The van der Waals surface area contributed by atoms with Crippen molar-refractivity contribution in [3.8, 4) is 0 Å². The number of amides is 3. The average molecular weight is 346 g/mol. The molecule has 0 aliphatic heterocycles. The molecular formula is C17H16ClN3O3. The molecule has 2 aromatic rings. The number of benzene rings is 2. The molecule has 2 rings (SSSR count). The highest BCUT2D eigenvalue weighted by Gasteiger charge is 2.15. The lowest BCUT2D eigenvalue weighted by Crippen LogP contribution is -2.29. The SMILES string of the molecule is CC(=O)Nc1ccc(NC(=O)C(=O)Nc2ccc(Cl)cc2C)cc1. The summed E-state index contributed by atoms with van der Waals surface area (Å²) in [5.41, 5.74) is 2.31. The van der Waals surface area contributed by atoms with Crippen molar-refractivity contribution in [1.82, 2.24) is 0 Å². The second kappa shape index (κ2) is 7.61. The van der Waals surface area contributed by atoms with Gasteiger partial charge in [-0.15, -0.1) is 0 Å². The summed E-state index contributed by atoms with van der Waals surface area (Å²) >= 11 is 5.85. The standard InChI is InChI=1S/C17H16ClN3O3/c1-10-9-12(18)3-8-15(10)21-17(24)16(23)20-14-6-4-13(5-7-14)19-11(2)22/h3-9H,1-2H3,(H,19,22)(H,20,23)(H,21,24). The molecule has 124 valence electrons. The lowest BCUT2D eigenvalue weighted by molar-refractivity contribution is -0.133. The smallest absolute Gasteiger partial charge is 0.314 e. The first kappa shape index (κ1) is 17.5. The molecule has 7 heteroatoms. The van der Waals surface area contributed by atoms with E-state index in [1.165, 1.54) is 6.92 Å². The second-order valence-corrected chi connectivity index (χ2v) is 5.56. The maximum absolute atomic E-state index is 12.0. The fraction of sp³-hybridized carbons (Fsp3) is 0.118. The van der Waals surface area contributed by atoms with Gasteiger partial charge in [0.1, 0.15) is 0 Å². The number of carbonyl (C=O) groups is 3. The molecule has 0 saturated carbocycles. The number of hydrogen-bond donors (Lipinski definition) is 3. The first-order valence-corrected chi connectivity index (χ1v) is 7.49. The Morgan fingerprint density at radius 2 is 1.38 bits per heavy atom. The third kappa shape index (κ3) is 4.82. The van der Waals surface area contributed by atoms with Gasteiger partial charge in [-0.2, -0.15) is 0 Å². The van der Waals surface area contributed by atoms with Gasteiger partial charge >= 0.3 is 11.8 Å². The molecule has 0 saturated heterocycles. The Morgan fingerprint density at radius 3 is 1.92 bits per heavy atom. The summed E-state index contributed by atoms with van der Waals surface area (Å²) in [6.07, 6.45) is 0. The summed E-state index contributed by atoms with van der Waals surface area (Å²) in [7, 11) is 0. The third-order valence-corrected chi connectivity index (χ3v) is 3.34. The lowest BCUT2D eigenvalue weighted by atomic mass is 10.2. The summed E-state index contributed by atoms with van der Waals surface area (Å²) in [6.45, 7) is 3.18. The third-order valence-electron chi connectivity index (χ3n) is 3.11. The van der Waals surface area contributed by atoms with E-state index in [1.54, 1.807) is 49.4 Å². The Labute approximate surface area is 144 Å². The van der Waals surface area contributed by atoms with Crippen molar-refractivity contribution in [1.29, 1.82) is 0 Å². The topological polar surface area (TPSA) is 87.3 Å². The van der Waals surface area contributed by atoms with Gasteiger partial charge in [-0.3, -0.25) is 14.4 Å². The molecule has 0 aliphatic carbocycles. The zero-order valence-corrected chi connectivity index (χ0v) is 13.9. The van der Waals surface area contributed by atoms with Crippen LogP contribution in [-0.2, 0) is 14.4 Å². The van der Waals surface area contributed by atoms with Crippen LogP contribution in [-0.4, -0.2) is 17.7 Å². The van der Waals surface area contributed by atoms with Crippen LogP contribution in [0.15, 0.2) is 42.5 Å². The van der Waals surface area contributed by atoms with Crippen LogP contribution < -0.4 is 16.0 Å². The Morgan fingerprint density at radius 1 is 0.833 bits per heavy atom. The molecule has 0 aliphatic rings. The largest absolute Gasteiger partial charge is 0.326 e. The van der Waals surface area contributed by atoms with Crippen LogP contribution in [0.5, 0.6) is 0 Å². The van der Waals surface area contributed by atoms with Crippen molar-refractivity contribution in [2.45, 2.75) is 13.8 Å². The summed E-state index contributed by atoms with van der Waals surface area (Å²) in [5.74, 6) is -1.77. The first-order valence-electron chi connectivity index (χ1n) is 7.11. The Kier molecular flexibility index (Phi) is 5.55. The van der Waals surface area contributed by atoms with E-state index in [0.29, 0.717) is 22.1 Å². The van der Waals surface area contributed by atoms with E-state index in [9.17, 15) is 14.4 Å². The van der Waals surface area contributed by atoms with E-state index < -0.39 is 11.8 Å². The molecule has 0 spiro atoms. The Balaban J connectivity index is 1.98. The number of carbonyl (C=O) groups excluding carboxylic acids is 3. The van der Waals surface area contributed by atoms with Gasteiger partial charge < -0.3 is 16.0 Å². The number of anilines is 3. The molecule has 0 aromatic heterocycles. The van der Waals surface area contributed by atoms with Gasteiger partial charge in [0.05, 0.1) is 0 Å². The first-order chi connectivity index (χ1) is 11.3. The van der Waals surface area contributed by atoms with Crippen molar-refractivity contribution in [2.75, 3.05) is 16.0 Å². The van der Waals surface area contributed by atoms with Crippen molar-refractivity contribution in [3.05, 3.63) is 53.1 Å². The van der Waals surface area contributed by atoms with Crippen molar-refractivity contribution in [2.24, 2.45) is 0 Å². The highest BCUT2D eigenvalue weighted by atomic mass is 35.5. The van der Waals surface area contributed by atoms with Gasteiger partial charge in [0.2, 0.25) is 5.91 Å². The minimum absolute atomic E-state index is 0.190. The van der Waals surface area contributed by atoms with Gasteiger partial charge in [-0.1, -0.05) is 11.6 Å². The zero-order valence-electron chi connectivity index (χ0n) is 13.1. The van der Waals surface area contributed by atoms with Crippen LogP contribution in [0.3, 0.4) is 0 Å². The minimum Gasteiger partial charge on any atom is -0.326 e. The minimum atomic E-state index is -0.795. The van der Waals surface area contributed by atoms with Gasteiger partial charge in [0.15, 0.2) is 0 Å². The Hall–Kier alpha value is -2.86. The fourth-order valence-electron chi connectivity index (χ4n) is 1.97. The van der Waals surface area contributed by atoms with Crippen LogP contribution >= 0.6 is 11.6 Å². The van der Waals surface area contributed by atoms with E-state index in [2.05, 4.69) is 16.0 Å². The van der Waals surface area contributed by atoms with Crippen LogP contribution in [0.4, 0.5) is 17.1 Å². The quantitative estimate of drug-likeness (QED) is 0.746. The molecule has 24 heavy (non-hydrogen) atoms. The molecule has 2 aromatic carbocycles. The maximum Gasteiger partial charge on any atom is 0.314 e. The average Bonchev–Trinajstić information content (AvgIpc) is 2.51. The molecule has 6 nitrogen and oxygen atoms in total. The molecule has 3 amide bonds. The Bertz CT molecular complexity index is 788. The molecule has 3 N–H and O–H groups in total. The number of aryl methyl sites for hydroxylation is 1. The van der Waals surface area contributed by atoms with Crippen molar-refractivity contribution in [3.63, 3.8) is 0 Å². The van der Waals surface area contributed by atoms with E-state index in [4.69, 9.17) is 11.6 Å². The van der Waals surface area contributed by atoms with Gasteiger partial charge in [0.25, 0.3) is 0 Å². The lowest BCUT2D eigenvalue weighted by Gasteiger charge is -2.09. The molecule has 0 atom stereocenters. The van der Waals surface area contributed by atoms with Crippen LogP contribution in [0.1, 0.15) is 12.5 Å². The predicted octanol–water partition coefficient (Wildman–Crippen LogP) is 3.18. The maximum atomic E-state index is 12.0. The van der Waals surface area contributed by atoms with Crippen LogP contribution in [0.2, 0.25) is 5.02 Å². The zero-order chi connectivity index (χ0) is 17.7. The number of nitrogens with one attached hydrogen (secondary N) is 3. The van der Waals surface area contributed by atoms with Crippen LogP contribution in [0, 0.1) is 6.92 Å². The second-order valence-electron chi connectivity index (χ2n) is 5.13. The molecule has 0 heterocycles. The molecule has 0 bridgehead atoms. The van der Waals surface area contributed by atoms with Crippen molar-refractivity contribution >= 4 is 46.4 Å². The van der Waals surface area contributed by atoms with E-state index in [1.807, 2.05) is 0 Å². The molecule has 0 fully saturated rings. The van der Waals surface area contributed by atoms with Gasteiger partial charge in [-0.05, 0) is 55.0 Å². The monoisotopic (exact) mass is 345 g/mol. The fourth-order valence-corrected chi connectivity index (χ4v) is 2.20. The van der Waals surface area contributed by atoms with Crippen LogP contribution in [0.25, 0.3) is 0 Å². The number of rotatable bonds is 3. The van der Waals surface area contributed by atoms with Crippen molar-refractivity contribution < 1.29 is 14.4 Å². The number of hydrogen-bond acceptors (Lipinski definition) is 3. The van der Waals surface area contributed by atoms with E-state index >= 15 is 0 Å².